The molecule has 18 heavy (non-hydrogen) atoms. The quantitative estimate of drug-likeness (QED) is 0.673. The Kier molecular flexibility index (Phi) is 6.11. The van der Waals surface area contributed by atoms with Gasteiger partial charge in [-0.3, -0.25) is 4.79 Å². The first-order chi connectivity index (χ1) is 8.60. The fraction of sp³-hybridized carbons (Fsp3) is 0.636. The van der Waals surface area contributed by atoms with Gasteiger partial charge in [-0.05, 0) is 6.42 Å². The predicted molar refractivity (Wildman–Crippen MR) is 70.0 cm³/mol. The van der Waals surface area contributed by atoms with Gasteiger partial charge in [-0.1, -0.05) is 24.9 Å². The smallest absolute Gasteiger partial charge is 0.287 e. The Morgan fingerprint density at radius 3 is 2.94 bits per heavy atom. The maximum Gasteiger partial charge on any atom is 0.287 e. The molecule has 7 heteroatoms. The number of aliphatic hydroxyl groups excluding tert-OH is 2. The van der Waals surface area contributed by atoms with Crippen LogP contribution in [0.15, 0.2) is 11.0 Å². The van der Waals surface area contributed by atoms with Crippen molar-refractivity contribution in [1.29, 1.82) is 0 Å². The summed E-state index contributed by atoms with van der Waals surface area (Å²) in [7, 11) is 0. The molecule has 0 radical (unpaired) electrons. The highest BCUT2D eigenvalue weighted by Crippen LogP contribution is 2.15. The molecule has 3 N–H and O–H groups in total. The summed E-state index contributed by atoms with van der Waals surface area (Å²) < 4.78 is 1.32. The maximum absolute atomic E-state index is 11.8. The second-order valence-corrected chi connectivity index (χ2v) is 4.35. The number of nitrogens with one attached hydrogen (secondary N) is 1. The predicted octanol–water partition coefficient (Wildman–Crippen LogP) is 0.462. The van der Waals surface area contributed by atoms with Gasteiger partial charge >= 0.3 is 0 Å². The van der Waals surface area contributed by atoms with Crippen molar-refractivity contribution < 1.29 is 10.2 Å². The summed E-state index contributed by atoms with van der Waals surface area (Å²) in [6.45, 7) is 2.31. The zero-order valence-corrected chi connectivity index (χ0v) is 11.0. The SMILES string of the molecule is CCCCn1ncc(NCC(O)CO)c(Cl)c1=O. The van der Waals surface area contributed by atoms with Crippen LogP contribution in [0.2, 0.25) is 5.02 Å². The minimum Gasteiger partial charge on any atom is -0.394 e. The van der Waals surface area contributed by atoms with E-state index in [4.69, 9.17) is 16.7 Å². The van der Waals surface area contributed by atoms with Crippen molar-refractivity contribution >= 4 is 17.3 Å². The van der Waals surface area contributed by atoms with E-state index in [0.717, 1.165) is 12.8 Å². The average molecular weight is 276 g/mol. The number of halogens is 1. The van der Waals surface area contributed by atoms with Crippen LogP contribution in [0.5, 0.6) is 0 Å². The molecular formula is C11H18ClN3O3. The van der Waals surface area contributed by atoms with Gasteiger partial charge in [0.25, 0.3) is 5.56 Å². The number of hydrogen-bond acceptors (Lipinski definition) is 5. The van der Waals surface area contributed by atoms with Crippen molar-refractivity contribution in [3.63, 3.8) is 0 Å². The molecule has 1 aromatic rings. The highest BCUT2D eigenvalue weighted by molar-refractivity contribution is 6.32. The lowest BCUT2D eigenvalue weighted by molar-refractivity contribution is 0.105. The van der Waals surface area contributed by atoms with E-state index in [1.54, 1.807) is 0 Å². The fourth-order valence-corrected chi connectivity index (χ4v) is 1.56. The van der Waals surface area contributed by atoms with Gasteiger partial charge in [0.15, 0.2) is 0 Å². The molecule has 0 saturated carbocycles. The van der Waals surface area contributed by atoms with Crippen molar-refractivity contribution in [2.45, 2.75) is 32.4 Å². The monoisotopic (exact) mass is 275 g/mol. The van der Waals surface area contributed by atoms with Crippen LogP contribution < -0.4 is 10.9 Å². The van der Waals surface area contributed by atoms with Gasteiger partial charge in [0, 0.05) is 13.1 Å². The Hall–Kier alpha value is -1.11. The van der Waals surface area contributed by atoms with Crippen LogP contribution in [-0.2, 0) is 6.54 Å². The van der Waals surface area contributed by atoms with Crippen molar-refractivity contribution in [2.24, 2.45) is 0 Å². The maximum atomic E-state index is 11.8. The van der Waals surface area contributed by atoms with E-state index < -0.39 is 6.10 Å². The first-order valence-electron chi connectivity index (χ1n) is 5.88. The molecular weight excluding hydrogens is 258 g/mol. The standard InChI is InChI=1S/C11H18ClN3O3/c1-2-3-4-15-11(18)10(12)9(6-14-15)13-5-8(17)7-16/h6,8,13,16-17H,2-5,7H2,1H3. The molecule has 0 amide bonds. The molecule has 0 fully saturated rings. The summed E-state index contributed by atoms with van der Waals surface area (Å²) in [5.74, 6) is 0. The Balaban J connectivity index is 2.77. The largest absolute Gasteiger partial charge is 0.394 e. The molecule has 0 aliphatic carbocycles. The molecule has 0 aliphatic rings. The van der Waals surface area contributed by atoms with Crippen LogP contribution in [-0.4, -0.2) is 39.2 Å². The van der Waals surface area contributed by atoms with E-state index in [-0.39, 0.29) is 23.7 Å². The fourth-order valence-electron chi connectivity index (χ4n) is 1.35. The second kappa shape index (κ2) is 7.35. The number of rotatable bonds is 7. The molecule has 0 bridgehead atoms. The average Bonchev–Trinajstić information content (AvgIpc) is 2.39. The molecule has 1 unspecified atom stereocenters. The highest BCUT2D eigenvalue weighted by Gasteiger charge is 2.10. The van der Waals surface area contributed by atoms with Gasteiger partial charge in [0.1, 0.15) is 5.02 Å². The number of anilines is 1. The lowest BCUT2D eigenvalue weighted by Gasteiger charge is -2.12. The van der Waals surface area contributed by atoms with E-state index in [1.807, 2.05) is 6.92 Å². The van der Waals surface area contributed by atoms with Crippen LogP contribution in [0.1, 0.15) is 19.8 Å². The van der Waals surface area contributed by atoms with Crippen molar-refractivity contribution in [1.82, 2.24) is 9.78 Å². The zero-order chi connectivity index (χ0) is 13.5. The number of aryl methyl sites for hydroxylation is 1. The molecule has 102 valence electrons. The van der Waals surface area contributed by atoms with E-state index >= 15 is 0 Å². The van der Waals surface area contributed by atoms with Gasteiger partial charge in [-0.15, -0.1) is 0 Å². The summed E-state index contributed by atoms with van der Waals surface area (Å²) in [5, 5.41) is 24.7. The molecule has 1 aromatic heterocycles. The Bertz CT molecular complexity index is 436. The molecule has 0 spiro atoms. The summed E-state index contributed by atoms with van der Waals surface area (Å²) in [5.41, 5.74) is 0.00974. The van der Waals surface area contributed by atoms with Crippen LogP contribution in [0.3, 0.4) is 0 Å². The minimum absolute atomic E-state index is 0.0474. The summed E-state index contributed by atoms with van der Waals surface area (Å²) in [6, 6.07) is 0. The number of hydrogen-bond donors (Lipinski definition) is 3. The molecule has 0 aromatic carbocycles. The van der Waals surface area contributed by atoms with Crippen molar-refractivity contribution in [3.05, 3.63) is 21.6 Å². The third-order valence-electron chi connectivity index (χ3n) is 2.45. The third kappa shape index (κ3) is 3.97. The summed E-state index contributed by atoms with van der Waals surface area (Å²) in [6.07, 6.45) is 2.38. The number of nitrogens with zero attached hydrogens (tertiary/aromatic N) is 2. The highest BCUT2D eigenvalue weighted by atomic mass is 35.5. The number of unbranched alkanes of at least 4 members (excludes halogenated alkanes) is 1. The van der Waals surface area contributed by atoms with E-state index in [9.17, 15) is 9.90 Å². The van der Waals surface area contributed by atoms with Crippen LogP contribution in [0, 0.1) is 0 Å². The van der Waals surface area contributed by atoms with E-state index in [1.165, 1.54) is 10.9 Å². The molecule has 0 saturated heterocycles. The first kappa shape index (κ1) is 14.9. The van der Waals surface area contributed by atoms with E-state index in [0.29, 0.717) is 12.2 Å². The zero-order valence-electron chi connectivity index (χ0n) is 10.3. The lowest BCUT2D eigenvalue weighted by Crippen LogP contribution is -2.27. The van der Waals surface area contributed by atoms with Crippen molar-refractivity contribution in [3.8, 4) is 0 Å². The molecule has 1 atom stereocenters. The van der Waals surface area contributed by atoms with Gasteiger partial charge < -0.3 is 15.5 Å². The topological polar surface area (TPSA) is 87.4 Å². The van der Waals surface area contributed by atoms with Crippen LogP contribution >= 0.6 is 11.6 Å². The van der Waals surface area contributed by atoms with E-state index in [2.05, 4.69) is 10.4 Å². The van der Waals surface area contributed by atoms with Gasteiger partial charge in [-0.25, -0.2) is 4.68 Å². The van der Waals surface area contributed by atoms with Crippen LogP contribution in [0.4, 0.5) is 5.69 Å². The first-order valence-corrected chi connectivity index (χ1v) is 6.26. The third-order valence-corrected chi connectivity index (χ3v) is 2.81. The Morgan fingerprint density at radius 1 is 1.61 bits per heavy atom. The molecule has 1 rings (SSSR count). The van der Waals surface area contributed by atoms with Crippen LogP contribution in [0.25, 0.3) is 0 Å². The Morgan fingerprint density at radius 2 is 2.33 bits per heavy atom. The molecule has 6 nitrogen and oxygen atoms in total. The molecule has 0 aliphatic heterocycles. The lowest BCUT2D eigenvalue weighted by atomic mass is 10.3. The second-order valence-electron chi connectivity index (χ2n) is 3.97. The van der Waals surface area contributed by atoms with Gasteiger partial charge in [0.2, 0.25) is 0 Å². The number of aromatic nitrogens is 2. The Labute approximate surface area is 110 Å². The minimum atomic E-state index is -0.899. The summed E-state index contributed by atoms with van der Waals surface area (Å²) in [4.78, 5) is 11.8. The van der Waals surface area contributed by atoms with Gasteiger partial charge in [0.05, 0.1) is 24.6 Å². The summed E-state index contributed by atoms with van der Waals surface area (Å²) >= 11 is 5.92. The number of aliphatic hydroxyl groups is 2. The normalized spacial score (nSPS) is 12.4. The van der Waals surface area contributed by atoms with Gasteiger partial charge in [-0.2, -0.15) is 5.10 Å². The molecule has 1 heterocycles. The van der Waals surface area contributed by atoms with Crippen molar-refractivity contribution in [2.75, 3.05) is 18.5 Å².